The summed E-state index contributed by atoms with van der Waals surface area (Å²) in [6.07, 6.45) is 2.43. The second-order valence-electron chi connectivity index (χ2n) is 8.73. The summed E-state index contributed by atoms with van der Waals surface area (Å²) < 4.78 is 11.9. The molecule has 0 saturated carbocycles. The van der Waals surface area contributed by atoms with Crippen LogP contribution >= 0.6 is 11.6 Å². The minimum absolute atomic E-state index is 0.0120. The molecule has 6 heteroatoms. The van der Waals surface area contributed by atoms with Gasteiger partial charge >= 0.3 is 0 Å². The summed E-state index contributed by atoms with van der Waals surface area (Å²) in [6, 6.07) is 14.9. The lowest BCUT2D eigenvalue weighted by Crippen LogP contribution is -2.29. The maximum Gasteiger partial charge on any atom is 0.219 e. The zero-order valence-corrected chi connectivity index (χ0v) is 18.3. The monoisotopic (exact) mass is 447 g/mol. The molecule has 3 heterocycles. The summed E-state index contributed by atoms with van der Waals surface area (Å²) in [5.41, 5.74) is 3.01. The van der Waals surface area contributed by atoms with Gasteiger partial charge in [0.15, 0.2) is 5.78 Å². The molecule has 2 aromatic carbocycles. The Kier molecular flexibility index (Phi) is 4.52. The number of aryl methyl sites for hydroxylation is 1. The van der Waals surface area contributed by atoms with E-state index in [1.165, 1.54) is 0 Å². The molecule has 5 nitrogen and oxygen atoms in total. The predicted molar refractivity (Wildman–Crippen MR) is 122 cm³/mol. The summed E-state index contributed by atoms with van der Waals surface area (Å²) >= 11 is 6.05. The van der Waals surface area contributed by atoms with Crippen molar-refractivity contribution in [1.29, 1.82) is 0 Å². The fourth-order valence-electron chi connectivity index (χ4n) is 5.51. The smallest absolute Gasteiger partial charge is 0.219 e. The van der Waals surface area contributed by atoms with E-state index in [9.17, 15) is 9.90 Å². The molecule has 2 aliphatic heterocycles. The number of aliphatic hydroxyl groups is 1. The molecule has 2 bridgehead atoms. The molecule has 0 spiro atoms. The van der Waals surface area contributed by atoms with E-state index < -0.39 is 0 Å². The first kappa shape index (κ1) is 19.8. The number of rotatable bonds is 4. The number of hydrogen-bond acceptors (Lipinski definition) is 5. The van der Waals surface area contributed by atoms with Crippen molar-refractivity contribution in [3.05, 3.63) is 70.4 Å². The molecule has 1 aliphatic carbocycles. The van der Waals surface area contributed by atoms with Crippen molar-refractivity contribution in [1.82, 2.24) is 4.98 Å². The average Bonchev–Trinajstić information content (AvgIpc) is 3.48. The van der Waals surface area contributed by atoms with E-state index in [0.29, 0.717) is 28.6 Å². The molecule has 1 N–H and O–H groups in total. The Hall–Kier alpha value is -2.89. The van der Waals surface area contributed by atoms with E-state index in [2.05, 4.69) is 4.98 Å². The van der Waals surface area contributed by atoms with Crippen LogP contribution in [0, 0.1) is 11.8 Å². The van der Waals surface area contributed by atoms with E-state index in [4.69, 9.17) is 21.1 Å². The number of hydrogen-bond donors (Lipinski definition) is 1. The maximum absolute atomic E-state index is 13.2. The van der Waals surface area contributed by atoms with Gasteiger partial charge in [-0.05, 0) is 66.8 Å². The third-order valence-electron chi connectivity index (χ3n) is 6.97. The predicted octanol–water partition coefficient (Wildman–Crippen LogP) is 5.89. The van der Waals surface area contributed by atoms with Gasteiger partial charge in [0.05, 0.1) is 35.1 Å². The molecule has 4 atom stereocenters. The van der Waals surface area contributed by atoms with Crippen LogP contribution in [0.2, 0.25) is 5.02 Å². The number of fused-ring (bicyclic) bond motifs is 6. The van der Waals surface area contributed by atoms with Crippen LogP contribution in [0.15, 0.2) is 54.3 Å². The molecule has 0 unspecified atom stereocenters. The summed E-state index contributed by atoms with van der Waals surface area (Å²) in [7, 11) is 0. The van der Waals surface area contributed by atoms with Gasteiger partial charge in [-0.2, -0.15) is 0 Å². The lowest BCUT2D eigenvalue weighted by Gasteiger charge is -2.19. The molecule has 6 rings (SSSR count). The Morgan fingerprint density at radius 2 is 1.91 bits per heavy atom. The maximum atomic E-state index is 13.2. The number of aromatic nitrogens is 1. The Morgan fingerprint density at radius 1 is 1.09 bits per heavy atom. The van der Waals surface area contributed by atoms with Crippen molar-refractivity contribution in [3.8, 4) is 11.6 Å². The van der Waals surface area contributed by atoms with Gasteiger partial charge in [0.25, 0.3) is 0 Å². The average molecular weight is 448 g/mol. The van der Waals surface area contributed by atoms with Gasteiger partial charge in [-0.15, -0.1) is 0 Å². The number of Topliss-reactive ketones (excluding diaryl/α,β-unsaturated/α-hetero) is 1. The SMILES string of the molecule is CCc1cc(Oc2ccc3cc(Cl)ccc3n2)ccc1C1=C(O)[C@H]2[C@@H](C1=O)[C@@H]1CC[C@H]2O1. The van der Waals surface area contributed by atoms with E-state index in [0.717, 1.165) is 34.9 Å². The van der Waals surface area contributed by atoms with Gasteiger partial charge in [0.2, 0.25) is 5.88 Å². The highest BCUT2D eigenvalue weighted by Crippen LogP contribution is 2.53. The third kappa shape index (κ3) is 2.95. The fraction of sp³-hybridized carbons (Fsp3) is 0.308. The highest BCUT2D eigenvalue weighted by Gasteiger charge is 2.59. The Bertz CT molecular complexity index is 1300. The molecule has 162 valence electrons. The number of halogens is 1. The molecule has 0 radical (unpaired) electrons. The number of nitrogens with zero attached hydrogens (tertiary/aromatic N) is 1. The number of ketones is 1. The number of ether oxygens (including phenoxy) is 2. The van der Waals surface area contributed by atoms with Gasteiger partial charge in [0.1, 0.15) is 11.5 Å². The van der Waals surface area contributed by atoms with Crippen LogP contribution in [-0.4, -0.2) is 28.1 Å². The van der Waals surface area contributed by atoms with Crippen LogP contribution in [0.3, 0.4) is 0 Å². The van der Waals surface area contributed by atoms with Crippen molar-refractivity contribution >= 4 is 33.9 Å². The quantitative estimate of drug-likeness (QED) is 0.540. The standard InChI is InChI=1S/C26H22ClNO4/c1-2-13-12-16(31-21-10-3-14-11-15(27)4-7-18(14)28-21)5-6-17(13)22-25(29)23-19-8-9-20(32-19)24(23)26(22)30/h3-7,10-12,19-20,23-24,29H,2,8-9H2,1H3/t19-,20+,23-,24+/m1/s1. The summed E-state index contributed by atoms with van der Waals surface area (Å²) in [5.74, 6) is 0.910. The highest BCUT2D eigenvalue weighted by atomic mass is 35.5. The van der Waals surface area contributed by atoms with E-state index in [-0.39, 0.29) is 35.6 Å². The summed E-state index contributed by atoms with van der Waals surface area (Å²) in [5, 5.41) is 12.6. The Labute approximate surface area is 190 Å². The minimum Gasteiger partial charge on any atom is -0.511 e. The highest BCUT2D eigenvalue weighted by molar-refractivity contribution is 6.31. The van der Waals surface area contributed by atoms with Crippen molar-refractivity contribution < 1.29 is 19.4 Å². The first-order valence-corrected chi connectivity index (χ1v) is 11.4. The van der Waals surface area contributed by atoms with Crippen molar-refractivity contribution in [3.63, 3.8) is 0 Å². The van der Waals surface area contributed by atoms with Crippen LogP contribution in [0.25, 0.3) is 16.5 Å². The molecular formula is C26H22ClNO4. The Balaban J connectivity index is 1.32. The molecule has 2 fully saturated rings. The fourth-order valence-corrected chi connectivity index (χ4v) is 5.69. The number of carbonyl (C=O) groups excluding carboxylic acids is 1. The molecule has 32 heavy (non-hydrogen) atoms. The first-order valence-electron chi connectivity index (χ1n) is 11.0. The van der Waals surface area contributed by atoms with Crippen LogP contribution < -0.4 is 4.74 Å². The van der Waals surface area contributed by atoms with Gasteiger partial charge in [-0.3, -0.25) is 4.79 Å². The van der Waals surface area contributed by atoms with Gasteiger partial charge in [-0.1, -0.05) is 24.6 Å². The molecule has 3 aromatic rings. The second kappa shape index (κ2) is 7.32. The number of allylic oxidation sites excluding steroid dienone is 1. The van der Waals surface area contributed by atoms with Crippen molar-refractivity contribution in [2.45, 2.75) is 38.4 Å². The number of carbonyl (C=O) groups is 1. The largest absolute Gasteiger partial charge is 0.511 e. The van der Waals surface area contributed by atoms with E-state index in [1.807, 2.05) is 49.4 Å². The van der Waals surface area contributed by atoms with Gasteiger partial charge in [-0.25, -0.2) is 4.98 Å². The van der Waals surface area contributed by atoms with Crippen molar-refractivity contribution in [2.75, 3.05) is 0 Å². The van der Waals surface area contributed by atoms with Crippen LogP contribution in [0.5, 0.6) is 11.6 Å². The third-order valence-corrected chi connectivity index (χ3v) is 7.20. The van der Waals surface area contributed by atoms with Crippen LogP contribution in [0.4, 0.5) is 0 Å². The zero-order chi connectivity index (χ0) is 22.0. The molecule has 0 amide bonds. The summed E-state index contributed by atoms with van der Waals surface area (Å²) in [4.78, 5) is 17.8. The number of aliphatic hydroxyl groups excluding tert-OH is 1. The molecule has 1 aromatic heterocycles. The number of pyridine rings is 1. The normalized spacial score (nSPS) is 26.2. The van der Waals surface area contributed by atoms with Crippen molar-refractivity contribution in [2.24, 2.45) is 11.8 Å². The number of benzene rings is 2. The van der Waals surface area contributed by atoms with Gasteiger partial charge < -0.3 is 14.6 Å². The van der Waals surface area contributed by atoms with E-state index >= 15 is 0 Å². The van der Waals surface area contributed by atoms with Crippen LogP contribution in [-0.2, 0) is 16.0 Å². The second-order valence-corrected chi connectivity index (χ2v) is 9.16. The Morgan fingerprint density at radius 3 is 2.69 bits per heavy atom. The minimum atomic E-state index is -0.236. The molecule has 2 saturated heterocycles. The lowest BCUT2D eigenvalue weighted by atomic mass is 9.80. The van der Waals surface area contributed by atoms with Gasteiger partial charge in [0, 0.05) is 16.5 Å². The first-order chi connectivity index (χ1) is 15.5. The zero-order valence-electron chi connectivity index (χ0n) is 17.5. The topological polar surface area (TPSA) is 68.7 Å². The van der Waals surface area contributed by atoms with Crippen LogP contribution in [0.1, 0.15) is 30.9 Å². The lowest BCUT2D eigenvalue weighted by molar-refractivity contribution is -0.118. The molecule has 3 aliphatic rings. The molecular weight excluding hydrogens is 426 g/mol. The summed E-state index contributed by atoms with van der Waals surface area (Å²) in [6.45, 7) is 2.03. The van der Waals surface area contributed by atoms with E-state index in [1.54, 1.807) is 6.07 Å².